The molecule has 0 rings (SSSR count). The Morgan fingerprint density at radius 2 is 0.786 bits per heavy atom. The largest absolute Gasteiger partial charge is 0.462 e. The van der Waals surface area contributed by atoms with E-state index in [1.165, 1.54) is 180 Å². The van der Waals surface area contributed by atoms with E-state index in [0.717, 1.165) is 51.4 Å². The van der Waals surface area contributed by atoms with Crippen LogP contribution in [0, 0.1) is 0 Å². The standard InChI is InChI=1S/C51H96O5/c1-4-7-10-13-16-19-21-23-24-25-26-27-29-31-34-37-40-43-46-54-47-49(56-51(53)45-42-39-36-32-18-15-12-9-6-3)48-55-50(52)44-41-38-35-33-30-28-22-20-17-14-11-8-5-2/h11,14,20,22,49H,4-10,12-13,15-19,21,23-48H2,1-3H3/b14-11-,22-20-. The summed E-state index contributed by atoms with van der Waals surface area (Å²) in [6.07, 6.45) is 54.7. The maximum atomic E-state index is 12.7. The lowest BCUT2D eigenvalue weighted by Crippen LogP contribution is -2.30. The van der Waals surface area contributed by atoms with E-state index in [1.54, 1.807) is 0 Å². The normalized spacial score (nSPS) is 12.3. The summed E-state index contributed by atoms with van der Waals surface area (Å²) in [5.41, 5.74) is 0. The summed E-state index contributed by atoms with van der Waals surface area (Å²) in [7, 11) is 0. The first-order chi connectivity index (χ1) is 27.6. The molecule has 0 saturated heterocycles. The van der Waals surface area contributed by atoms with Crippen LogP contribution in [0.2, 0.25) is 0 Å². The number of hydrogen-bond acceptors (Lipinski definition) is 5. The van der Waals surface area contributed by atoms with Gasteiger partial charge >= 0.3 is 11.9 Å². The van der Waals surface area contributed by atoms with Crippen molar-refractivity contribution in [2.45, 2.75) is 271 Å². The first kappa shape index (κ1) is 54.4. The first-order valence-electron chi connectivity index (χ1n) is 24.9. The van der Waals surface area contributed by atoms with Gasteiger partial charge in [-0.1, -0.05) is 231 Å². The van der Waals surface area contributed by atoms with Gasteiger partial charge in [-0.3, -0.25) is 9.59 Å². The smallest absolute Gasteiger partial charge is 0.306 e. The zero-order valence-electron chi connectivity index (χ0n) is 37.9. The fourth-order valence-electron chi connectivity index (χ4n) is 7.25. The van der Waals surface area contributed by atoms with Crippen molar-refractivity contribution in [3.05, 3.63) is 24.3 Å². The van der Waals surface area contributed by atoms with Crippen molar-refractivity contribution in [3.8, 4) is 0 Å². The summed E-state index contributed by atoms with van der Waals surface area (Å²) >= 11 is 0. The summed E-state index contributed by atoms with van der Waals surface area (Å²) in [5.74, 6) is -0.402. The maximum Gasteiger partial charge on any atom is 0.306 e. The highest BCUT2D eigenvalue weighted by Crippen LogP contribution is 2.16. The molecule has 0 aromatic rings. The van der Waals surface area contributed by atoms with E-state index in [4.69, 9.17) is 14.2 Å². The molecule has 0 amide bonds. The molecule has 5 heteroatoms. The average Bonchev–Trinajstić information content (AvgIpc) is 3.20. The van der Waals surface area contributed by atoms with E-state index in [2.05, 4.69) is 45.1 Å². The molecule has 0 aliphatic heterocycles. The van der Waals surface area contributed by atoms with Gasteiger partial charge in [0.25, 0.3) is 0 Å². The van der Waals surface area contributed by atoms with Gasteiger partial charge in [0.05, 0.1) is 6.61 Å². The van der Waals surface area contributed by atoms with Crippen LogP contribution >= 0.6 is 0 Å². The van der Waals surface area contributed by atoms with Crippen LogP contribution in [0.4, 0.5) is 0 Å². The minimum absolute atomic E-state index is 0.0847. The molecule has 56 heavy (non-hydrogen) atoms. The number of ether oxygens (including phenoxy) is 3. The first-order valence-corrected chi connectivity index (χ1v) is 24.9. The molecule has 0 saturated carbocycles. The maximum absolute atomic E-state index is 12.7. The van der Waals surface area contributed by atoms with Crippen LogP contribution in [-0.2, 0) is 23.8 Å². The number of carbonyl (C=O) groups excluding carboxylic acids is 2. The molecule has 330 valence electrons. The summed E-state index contributed by atoms with van der Waals surface area (Å²) in [5, 5.41) is 0. The summed E-state index contributed by atoms with van der Waals surface area (Å²) < 4.78 is 17.3. The Hall–Kier alpha value is -1.62. The van der Waals surface area contributed by atoms with Gasteiger partial charge in [0.2, 0.25) is 0 Å². The second kappa shape index (κ2) is 47.8. The molecule has 0 aliphatic rings. The van der Waals surface area contributed by atoms with Crippen LogP contribution in [0.25, 0.3) is 0 Å². The Balaban J connectivity index is 4.14. The number of hydrogen-bond donors (Lipinski definition) is 0. The fourth-order valence-corrected chi connectivity index (χ4v) is 7.25. The van der Waals surface area contributed by atoms with Gasteiger partial charge in [0.15, 0.2) is 6.10 Å². The Kier molecular flexibility index (Phi) is 46.4. The molecule has 0 fully saturated rings. The third kappa shape index (κ3) is 45.1. The highest BCUT2D eigenvalue weighted by Gasteiger charge is 2.17. The van der Waals surface area contributed by atoms with Crippen LogP contribution in [0.3, 0.4) is 0 Å². The number of allylic oxidation sites excluding steroid dienone is 4. The number of rotatable bonds is 46. The zero-order valence-corrected chi connectivity index (χ0v) is 37.9. The molecule has 1 unspecified atom stereocenters. The minimum atomic E-state index is -0.532. The molecule has 5 nitrogen and oxygen atoms in total. The third-order valence-corrected chi connectivity index (χ3v) is 11.0. The Bertz CT molecular complexity index is 851. The van der Waals surface area contributed by atoms with E-state index in [0.29, 0.717) is 26.1 Å². The van der Waals surface area contributed by atoms with Crippen LogP contribution in [0.1, 0.15) is 265 Å². The number of carbonyl (C=O) groups is 2. The summed E-state index contributed by atoms with van der Waals surface area (Å²) in [4.78, 5) is 25.2. The van der Waals surface area contributed by atoms with E-state index in [-0.39, 0.29) is 18.5 Å². The number of esters is 2. The van der Waals surface area contributed by atoms with E-state index in [9.17, 15) is 9.59 Å². The van der Waals surface area contributed by atoms with Gasteiger partial charge in [0.1, 0.15) is 6.61 Å². The van der Waals surface area contributed by atoms with Crippen LogP contribution in [-0.4, -0.2) is 37.9 Å². The molecule has 0 bridgehead atoms. The lowest BCUT2D eigenvalue weighted by molar-refractivity contribution is -0.163. The van der Waals surface area contributed by atoms with Crippen LogP contribution in [0.5, 0.6) is 0 Å². The quantitative estimate of drug-likeness (QED) is 0.0349. The zero-order chi connectivity index (χ0) is 40.7. The van der Waals surface area contributed by atoms with Crippen molar-refractivity contribution in [2.24, 2.45) is 0 Å². The molecule has 0 spiro atoms. The molecule has 0 aliphatic carbocycles. The van der Waals surface area contributed by atoms with Crippen molar-refractivity contribution in [1.29, 1.82) is 0 Å². The predicted molar refractivity (Wildman–Crippen MR) is 242 cm³/mol. The van der Waals surface area contributed by atoms with Gasteiger partial charge in [-0.2, -0.15) is 0 Å². The van der Waals surface area contributed by atoms with Crippen molar-refractivity contribution in [3.63, 3.8) is 0 Å². The monoisotopic (exact) mass is 789 g/mol. The van der Waals surface area contributed by atoms with Crippen molar-refractivity contribution < 1.29 is 23.8 Å². The fraction of sp³-hybridized carbons (Fsp3) is 0.882. The highest BCUT2D eigenvalue weighted by molar-refractivity contribution is 5.70. The highest BCUT2D eigenvalue weighted by atomic mass is 16.6. The van der Waals surface area contributed by atoms with Gasteiger partial charge in [0, 0.05) is 19.4 Å². The van der Waals surface area contributed by atoms with Gasteiger partial charge in [-0.15, -0.1) is 0 Å². The van der Waals surface area contributed by atoms with E-state index >= 15 is 0 Å². The summed E-state index contributed by atoms with van der Waals surface area (Å²) in [6, 6.07) is 0. The van der Waals surface area contributed by atoms with Crippen molar-refractivity contribution >= 4 is 11.9 Å². The number of unbranched alkanes of at least 4 members (excludes halogenated alkanes) is 31. The van der Waals surface area contributed by atoms with E-state index < -0.39 is 6.10 Å². The molecule has 0 aromatic heterocycles. The molecule has 0 heterocycles. The third-order valence-electron chi connectivity index (χ3n) is 11.0. The average molecular weight is 789 g/mol. The Morgan fingerprint density at radius 1 is 0.393 bits per heavy atom. The SMILES string of the molecule is CCC/C=C\C/C=C\CCCCCCCC(=O)OCC(COCCCCCCCCCCCCCCCCCCCC)OC(=O)CCCCCCCCCCC. The lowest BCUT2D eigenvalue weighted by Gasteiger charge is -2.18. The van der Waals surface area contributed by atoms with Gasteiger partial charge in [-0.05, 0) is 44.9 Å². The van der Waals surface area contributed by atoms with Gasteiger partial charge < -0.3 is 14.2 Å². The second-order valence-electron chi connectivity index (χ2n) is 16.7. The van der Waals surface area contributed by atoms with Crippen LogP contribution < -0.4 is 0 Å². The van der Waals surface area contributed by atoms with Crippen molar-refractivity contribution in [1.82, 2.24) is 0 Å². The molecule has 0 aromatic carbocycles. The van der Waals surface area contributed by atoms with Gasteiger partial charge in [-0.25, -0.2) is 0 Å². The molecule has 1 atom stereocenters. The predicted octanol–water partition coefficient (Wildman–Crippen LogP) is 16.5. The second-order valence-corrected chi connectivity index (χ2v) is 16.7. The summed E-state index contributed by atoms with van der Waals surface area (Å²) in [6.45, 7) is 7.78. The van der Waals surface area contributed by atoms with E-state index in [1.807, 2.05) is 0 Å². The molecule has 0 radical (unpaired) electrons. The lowest BCUT2D eigenvalue weighted by atomic mass is 10.0. The topological polar surface area (TPSA) is 61.8 Å². The molecule has 0 N–H and O–H groups in total. The molecular formula is C51H96O5. The van der Waals surface area contributed by atoms with Crippen molar-refractivity contribution in [2.75, 3.05) is 19.8 Å². The minimum Gasteiger partial charge on any atom is -0.462 e. The van der Waals surface area contributed by atoms with Crippen LogP contribution in [0.15, 0.2) is 24.3 Å². The Labute approximate surface area is 349 Å². The molecular weight excluding hydrogens is 693 g/mol. The Morgan fingerprint density at radius 3 is 1.25 bits per heavy atom.